The number of phenolic OH excluding ortho intramolecular Hbond substituents is 1. The maximum absolute atomic E-state index is 9.70. The lowest BCUT2D eigenvalue weighted by Crippen LogP contribution is -2.20. The lowest BCUT2D eigenvalue weighted by Gasteiger charge is -2.26. The lowest BCUT2D eigenvalue weighted by atomic mass is 9.85. The van der Waals surface area contributed by atoms with Gasteiger partial charge < -0.3 is 5.11 Å². The summed E-state index contributed by atoms with van der Waals surface area (Å²) >= 11 is 6.46. The van der Waals surface area contributed by atoms with Crippen LogP contribution < -0.4 is 0 Å². The molecule has 16 heavy (non-hydrogen) atoms. The van der Waals surface area contributed by atoms with Crippen LogP contribution in [-0.4, -0.2) is 10.5 Å². The van der Waals surface area contributed by atoms with Crippen molar-refractivity contribution in [2.75, 3.05) is 0 Å². The molecule has 0 amide bonds. The third-order valence-electron chi connectivity index (χ3n) is 3.57. The van der Waals surface area contributed by atoms with Gasteiger partial charge in [0, 0.05) is 5.38 Å². The van der Waals surface area contributed by atoms with Crippen LogP contribution in [-0.2, 0) is 6.42 Å². The quantitative estimate of drug-likeness (QED) is 0.786. The van der Waals surface area contributed by atoms with Gasteiger partial charge in [0.05, 0.1) is 0 Å². The van der Waals surface area contributed by atoms with Crippen LogP contribution >= 0.6 is 11.6 Å². The van der Waals surface area contributed by atoms with E-state index in [0.29, 0.717) is 11.7 Å². The molecular weight excluding hydrogens is 220 g/mol. The normalized spacial score (nSPS) is 19.6. The van der Waals surface area contributed by atoms with Gasteiger partial charge in [-0.2, -0.15) is 0 Å². The Morgan fingerprint density at radius 1 is 1.19 bits per heavy atom. The molecule has 88 valence electrons. The van der Waals surface area contributed by atoms with E-state index in [4.69, 9.17) is 11.6 Å². The number of benzene rings is 1. The summed E-state index contributed by atoms with van der Waals surface area (Å²) in [5, 5.41) is 9.87. The molecular formula is C14H19ClO. The van der Waals surface area contributed by atoms with Gasteiger partial charge in [-0.1, -0.05) is 37.5 Å². The first-order valence-corrected chi connectivity index (χ1v) is 6.62. The first-order valence-electron chi connectivity index (χ1n) is 6.18. The van der Waals surface area contributed by atoms with Crippen molar-refractivity contribution in [3.63, 3.8) is 0 Å². The molecule has 0 aromatic heterocycles. The standard InChI is InChI=1S/C14H19ClO/c15-13(11-6-2-1-3-7-11)10-12-8-4-5-9-14(12)16/h4-5,8-9,11,13,16H,1-3,6-7,10H2. The minimum Gasteiger partial charge on any atom is -0.508 e. The van der Waals surface area contributed by atoms with Crippen LogP contribution in [0, 0.1) is 5.92 Å². The Labute approximate surface area is 102 Å². The third-order valence-corrected chi connectivity index (χ3v) is 4.08. The van der Waals surface area contributed by atoms with Gasteiger partial charge in [0.1, 0.15) is 5.75 Å². The first kappa shape index (κ1) is 11.8. The zero-order chi connectivity index (χ0) is 11.4. The van der Waals surface area contributed by atoms with Gasteiger partial charge in [-0.15, -0.1) is 11.6 Å². The number of hydrogen-bond donors (Lipinski definition) is 1. The summed E-state index contributed by atoms with van der Waals surface area (Å²) in [4.78, 5) is 0. The van der Waals surface area contributed by atoms with Crippen molar-refractivity contribution in [1.82, 2.24) is 0 Å². The fraction of sp³-hybridized carbons (Fsp3) is 0.571. The highest BCUT2D eigenvalue weighted by atomic mass is 35.5. The Bertz CT molecular complexity index is 331. The number of hydrogen-bond acceptors (Lipinski definition) is 1. The fourth-order valence-corrected chi connectivity index (χ4v) is 2.97. The maximum Gasteiger partial charge on any atom is 0.118 e. The second-order valence-corrected chi connectivity index (χ2v) is 5.31. The number of para-hydroxylation sites is 1. The monoisotopic (exact) mass is 238 g/mol. The van der Waals surface area contributed by atoms with Gasteiger partial charge in [0.2, 0.25) is 0 Å². The van der Waals surface area contributed by atoms with E-state index in [1.165, 1.54) is 32.1 Å². The van der Waals surface area contributed by atoms with Gasteiger partial charge in [-0.05, 0) is 36.8 Å². The van der Waals surface area contributed by atoms with Crippen molar-refractivity contribution in [2.24, 2.45) is 5.92 Å². The largest absolute Gasteiger partial charge is 0.508 e. The molecule has 1 N–H and O–H groups in total. The maximum atomic E-state index is 9.70. The number of alkyl halides is 1. The summed E-state index contributed by atoms with van der Waals surface area (Å²) in [5.41, 5.74) is 0.980. The molecule has 2 rings (SSSR count). The average molecular weight is 239 g/mol. The highest BCUT2D eigenvalue weighted by Crippen LogP contribution is 2.32. The van der Waals surface area contributed by atoms with E-state index in [9.17, 15) is 5.11 Å². The van der Waals surface area contributed by atoms with E-state index in [0.717, 1.165) is 12.0 Å². The second-order valence-electron chi connectivity index (χ2n) is 4.75. The summed E-state index contributed by atoms with van der Waals surface area (Å²) in [6.07, 6.45) is 7.28. The minimum atomic E-state index is 0.175. The van der Waals surface area contributed by atoms with Gasteiger partial charge in [0.15, 0.2) is 0 Å². The number of rotatable bonds is 3. The Morgan fingerprint density at radius 3 is 2.56 bits per heavy atom. The zero-order valence-electron chi connectivity index (χ0n) is 9.53. The molecule has 0 bridgehead atoms. The molecule has 1 atom stereocenters. The van der Waals surface area contributed by atoms with Crippen molar-refractivity contribution < 1.29 is 5.11 Å². The molecule has 1 saturated carbocycles. The summed E-state index contributed by atoms with van der Waals surface area (Å²) in [5.74, 6) is 1.01. The predicted octanol–water partition coefficient (Wildman–Crippen LogP) is 4.12. The van der Waals surface area contributed by atoms with Crippen molar-refractivity contribution in [3.05, 3.63) is 29.8 Å². The van der Waals surface area contributed by atoms with Crippen LogP contribution in [0.2, 0.25) is 0 Å². The van der Waals surface area contributed by atoms with Gasteiger partial charge in [0.25, 0.3) is 0 Å². The molecule has 1 aromatic rings. The number of aromatic hydroxyl groups is 1. The molecule has 0 aliphatic heterocycles. The van der Waals surface area contributed by atoms with Crippen molar-refractivity contribution in [2.45, 2.75) is 43.9 Å². The van der Waals surface area contributed by atoms with E-state index < -0.39 is 0 Å². The van der Waals surface area contributed by atoms with Crippen LogP contribution in [0.25, 0.3) is 0 Å². The lowest BCUT2D eigenvalue weighted by molar-refractivity contribution is 0.342. The Hall–Kier alpha value is -0.690. The molecule has 1 nitrogen and oxygen atoms in total. The van der Waals surface area contributed by atoms with E-state index in [-0.39, 0.29) is 5.38 Å². The van der Waals surface area contributed by atoms with E-state index in [1.54, 1.807) is 6.07 Å². The van der Waals surface area contributed by atoms with E-state index in [1.807, 2.05) is 18.2 Å². The minimum absolute atomic E-state index is 0.175. The highest BCUT2D eigenvalue weighted by Gasteiger charge is 2.22. The third kappa shape index (κ3) is 2.91. The molecule has 1 aliphatic carbocycles. The summed E-state index contributed by atoms with van der Waals surface area (Å²) in [6, 6.07) is 7.51. The second kappa shape index (κ2) is 5.58. The predicted molar refractivity (Wildman–Crippen MR) is 68.0 cm³/mol. The molecule has 1 aromatic carbocycles. The molecule has 1 fully saturated rings. The first-order chi connectivity index (χ1) is 7.77. The smallest absolute Gasteiger partial charge is 0.118 e. The summed E-state index contributed by atoms with van der Waals surface area (Å²) < 4.78 is 0. The molecule has 2 heteroatoms. The fourth-order valence-electron chi connectivity index (χ4n) is 2.56. The van der Waals surface area contributed by atoms with Crippen LogP contribution in [0.3, 0.4) is 0 Å². The van der Waals surface area contributed by atoms with Gasteiger partial charge >= 0.3 is 0 Å². The molecule has 0 spiro atoms. The van der Waals surface area contributed by atoms with E-state index >= 15 is 0 Å². The Kier molecular flexibility index (Phi) is 4.11. The van der Waals surface area contributed by atoms with Crippen molar-refractivity contribution in [3.8, 4) is 5.75 Å². The Balaban J connectivity index is 1.96. The summed E-state index contributed by atoms with van der Waals surface area (Å²) in [7, 11) is 0. The van der Waals surface area contributed by atoms with Crippen molar-refractivity contribution >= 4 is 11.6 Å². The highest BCUT2D eigenvalue weighted by molar-refractivity contribution is 6.20. The zero-order valence-corrected chi connectivity index (χ0v) is 10.3. The number of phenols is 1. The van der Waals surface area contributed by atoms with Crippen LogP contribution in [0.1, 0.15) is 37.7 Å². The van der Waals surface area contributed by atoms with Gasteiger partial charge in [-0.25, -0.2) is 0 Å². The van der Waals surface area contributed by atoms with E-state index in [2.05, 4.69) is 0 Å². The molecule has 1 unspecified atom stereocenters. The van der Waals surface area contributed by atoms with Crippen LogP contribution in [0.15, 0.2) is 24.3 Å². The molecule has 0 radical (unpaired) electrons. The topological polar surface area (TPSA) is 20.2 Å². The van der Waals surface area contributed by atoms with Gasteiger partial charge in [-0.3, -0.25) is 0 Å². The van der Waals surface area contributed by atoms with Crippen molar-refractivity contribution in [1.29, 1.82) is 0 Å². The Morgan fingerprint density at radius 2 is 1.88 bits per heavy atom. The molecule has 1 aliphatic rings. The molecule has 0 saturated heterocycles. The number of halogens is 1. The van der Waals surface area contributed by atoms with Crippen LogP contribution in [0.4, 0.5) is 0 Å². The van der Waals surface area contributed by atoms with Crippen LogP contribution in [0.5, 0.6) is 5.75 Å². The average Bonchev–Trinajstić information content (AvgIpc) is 2.33. The molecule has 0 heterocycles. The SMILES string of the molecule is Oc1ccccc1CC(Cl)C1CCCCC1. The summed E-state index contributed by atoms with van der Waals surface area (Å²) in [6.45, 7) is 0.